The average molecular weight is 440 g/mol. The van der Waals surface area contributed by atoms with Gasteiger partial charge in [-0.25, -0.2) is 0 Å². The van der Waals surface area contributed by atoms with Gasteiger partial charge in [-0.1, -0.05) is 0 Å². The van der Waals surface area contributed by atoms with Crippen molar-refractivity contribution in [3.8, 4) is 0 Å². The first-order valence-corrected chi connectivity index (χ1v) is 5.55. The van der Waals surface area contributed by atoms with Crippen molar-refractivity contribution in [1.29, 1.82) is 0 Å². The summed E-state index contributed by atoms with van der Waals surface area (Å²) in [6, 6.07) is 0. The zero-order valence-corrected chi connectivity index (χ0v) is 11.3. The van der Waals surface area contributed by atoms with Gasteiger partial charge in [0.05, 0.1) is 43.1 Å². The van der Waals surface area contributed by atoms with Gasteiger partial charge in [-0.05, 0) is 0 Å². The number of hydrogen-bond acceptors (Lipinski definition) is 12. The van der Waals surface area contributed by atoms with Gasteiger partial charge in [-0.15, -0.1) is 0 Å². The van der Waals surface area contributed by atoms with E-state index >= 15 is 0 Å². The third-order valence-corrected chi connectivity index (χ3v) is 0. The summed E-state index contributed by atoms with van der Waals surface area (Å²) in [5, 5.41) is 0. The first-order chi connectivity index (χ1) is 6.93. The van der Waals surface area contributed by atoms with Gasteiger partial charge in [-0.3, -0.25) is 0 Å². The molecule has 0 aromatic carbocycles. The SMILES string of the molecule is [O-][Cl+2]([O-])[O-].[O-][Cl+2]([O-])[O-].[O-][Cl+2]([O-])[O-].[O-][Cl+2]([O-])[O-].[Pd]. The fourth-order valence-electron chi connectivity index (χ4n) is 0. The molecule has 0 atom stereocenters. The Labute approximate surface area is 119 Å². The van der Waals surface area contributed by atoms with Gasteiger partial charge in [0, 0.05) is 20.4 Å². The molecule has 0 aliphatic heterocycles. The minimum atomic E-state index is -2.85. The Balaban J connectivity index is -0.0000000369. The van der Waals surface area contributed by atoms with Crippen molar-refractivity contribution in [2.24, 2.45) is 0 Å². The molecule has 0 aromatic rings. The maximum Gasteiger partial charge on any atom is 0.0695 e. The van der Waals surface area contributed by atoms with E-state index in [1.807, 2.05) is 0 Å². The molecule has 0 radical (unpaired) electrons. The molecule has 0 N–H and O–H groups in total. The maximum absolute atomic E-state index is 8.41. The van der Waals surface area contributed by atoms with Crippen molar-refractivity contribution in [2.75, 3.05) is 0 Å². The van der Waals surface area contributed by atoms with Gasteiger partial charge in [0.25, 0.3) is 0 Å². The van der Waals surface area contributed by atoms with Crippen LogP contribution in [0.3, 0.4) is 0 Å². The summed E-state index contributed by atoms with van der Waals surface area (Å²) in [5.41, 5.74) is 0. The Bertz CT molecular complexity index is 61.5. The van der Waals surface area contributed by atoms with Crippen molar-refractivity contribution < 1.29 is 119 Å². The van der Waals surface area contributed by atoms with E-state index in [0.29, 0.717) is 0 Å². The van der Waals surface area contributed by atoms with Gasteiger partial charge in [-0.2, -0.15) is 0 Å². The van der Waals surface area contributed by atoms with E-state index in [1.54, 1.807) is 0 Å². The van der Waals surface area contributed by atoms with Gasteiger partial charge in [0.1, 0.15) is 0 Å². The fourth-order valence-corrected chi connectivity index (χ4v) is 0. The van der Waals surface area contributed by atoms with Crippen LogP contribution < -0.4 is 55.9 Å². The number of rotatable bonds is 0. The molecule has 0 heterocycles. The van der Waals surface area contributed by atoms with Gasteiger partial charge in [0.15, 0.2) is 0 Å². The van der Waals surface area contributed by atoms with Crippen molar-refractivity contribution in [3.05, 3.63) is 0 Å². The van der Waals surface area contributed by atoms with Crippen LogP contribution in [0.2, 0.25) is 0 Å². The summed E-state index contributed by atoms with van der Waals surface area (Å²) in [4.78, 5) is 0. The van der Waals surface area contributed by atoms with E-state index in [9.17, 15) is 0 Å². The number of halogens is 4. The molecule has 0 saturated heterocycles. The molecule has 0 amide bonds. The minimum absolute atomic E-state index is 0. The van der Waals surface area contributed by atoms with E-state index in [1.165, 1.54) is 0 Å². The predicted octanol–water partition coefficient (Wildman–Crippen LogP) is -14.3. The normalized spacial score (nSPS) is 8.47. The van der Waals surface area contributed by atoms with Crippen molar-refractivity contribution >= 4 is 0 Å². The fraction of sp³-hybridized carbons (Fsp3) is 0. The number of hydrogen-bond donors (Lipinski definition) is 0. The standard InChI is InChI=1S/4ClO3.Pd/c4*2-1(3)4;/q4*-1;. The predicted molar refractivity (Wildman–Crippen MR) is 0 cm³/mol. The summed E-state index contributed by atoms with van der Waals surface area (Å²) < 4.78 is 101. The first kappa shape index (κ1) is 31.0. The van der Waals surface area contributed by atoms with Gasteiger partial charge >= 0.3 is 0 Å². The topological polar surface area (TPSA) is 277 Å². The Morgan fingerprint density at radius 2 is 0.294 bits per heavy atom. The zero-order chi connectivity index (χ0) is 14.3. The monoisotopic (exact) mass is 438 g/mol. The Kier molecular flexibility index (Phi) is 47.4. The molecule has 0 saturated carbocycles. The molecular formula is Cl4O12Pd-4. The molecule has 0 aromatic heterocycles. The maximum atomic E-state index is 8.41. The molecule has 0 aliphatic carbocycles. The van der Waals surface area contributed by atoms with Crippen LogP contribution >= 0.6 is 0 Å². The van der Waals surface area contributed by atoms with Crippen molar-refractivity contribution in [3.63, 3.8) is 0 Å². The summed E-state index contributed by atoms with van der Waals surface area (Å²) in [6.07, 6.45) is 0. The van der Waals surface area contributed by atoms with Crippen LogP contribution in [0.5, 0.6) is 0 Å². The quantitative estimate of drug-likeness (QED) is 0.317. The Morgan fingerprint density at radius 1 is 0.294 bits per heavy atom. The Morgan fingerprint density at radius 3 is 0.294 bits per heavy atom. The molecule has 12 nitrogen and oxygen atoms in total. The van der Waals surface area contributed by atoms with Crippen LogP contribution in [-0.4, -0.2) is 0 Å². The minimum Gasteiger partial charge on any atom is -0.357 e. The van der Waals surface area contributed by atoms with Crippen LogP contribution in [0.4, 0.5) is 0 Å². The molecule has 17 heavy (non-hydrogen) atoms. The van der Waals surface area contributed by atoms with Crippen molar-refractivity contribution in [2.45, 2.75) is 0 Å². The van der Waals surface area contributed by atoms with Crippen LogP contribution in [0.25, 0.3) is 0 Å². The molecule has 114 valence electrons. The van der Waals surface area contributed by atoms with E-state index in [0.717, 1.165) is 0 Å². The van der Waals surface area contributed by atoms with Gasteiger partial charge < -0.3 is 55.9 Å². The largest absolute Gasteiger partial charge is 0.357 e. The summed E-state index contributed by atoms with van der Waals surface area (Å²) >= 11 is 0. The second-order valence-corrected chi connectivity index (χ2v) is 2.27. The van der Waals surface area contributed by atoms with Crippen LogP contribution in [0.1, 0.15) is 0 Å². The van der Waals surface area contributed by atoms with Crippen molar-refractivity contribution in [1.82, 2.24) is 0 Å². The molecular weight excluding hydrogens is 440 g/mol. The average Bonchev–Trinajstić information content (AvgIpc) is 1.76. The molecule has 0 rings (SSSR count). The second kappa shape index (κ2) is 26.0. The van der Waals surface area contributed by atoms with E-state index in [-0.39, 0.29) is 20.4 Å². The molecule has 0 spiro atoms. The molecule has 17 heteroatoms. The third kappa shape index (κ3) is 2270. The molecule has 0 aliphatic rings. The molecule has 0 bridgehead atoms. The van der Waals surface area contributed by atoms with Crippen LogP contribution in [-0.2, 0) is 20.4 Å². The second-order valence-electron chi connectivity index (χ2n) is 0.756. The van der Waals surface area contributed by atoms with Crippen LogP contribution in [0, 0.1) is 43.1 Å². The smallest absolute Gasteiger partial charge is 0.0695 e. The van der Waals surface area contributed by atoms with Crippen LogP contribution in [0.15, 0.2) is 0 Å². The first-order valence-electron chi connectivity index (χ1n) is 1.85. The molecule has 0 fully saturated rings. The zero-order valence-electron chi connectivity index (χ0n) is 6.73. The van der Waals surface area contributed by atoms with E-state index in [2.05, 4.69) is 0 Å². The Hall–Kier alpha value is 1.34. The summed E-state index contributed by atoms with van der Waals surface area (Å²) in [7, 11) is -11.4. The van der Waals surface area contributed by atoms with E-state index in [4.69, 9.17) is 55.9 Å². The molecule has 0 unspecified atom stereocenters. The van der Waals surface area contributed by atoms with E-state index < -0.39 is 43.1 Å². The van der Waals surface area contributed by atoms with Gasteiger partial charge in [0.2, 0.25) is 0 Å². The summed E-state index contributed by atoms with van der Waals surface area (Å²) in [5.74, 6) is 0. The third-order valence-electron chi connectivity index (χ3n) is 0. The summed E-state index contributed by atoms with van der Waals surface area (Å²) in [6.45, 7) is 0.